The van der Waals surface area contributed by atoms with E-state index in [1.165, 1.54) is 0 Å². The van der Waals surface area contributed by atoms with Crippen LogP contribution >= 0.6 is 0 Å². The van der Waals surface area contributed by atoms with E-state index >= 15 is 0 Å². The predicted molar refractivity (Wildman–Crippen MR) is 54.9 cm³/mol. The van der Waals surface area contributed by atoms with Crippen molar-refractivity contribution in [3.63, 3.8) is 0 Å². The number of hydrogen-bond donors (Lipinski definition) is 1. The average molecular weight is 190 g/mol. The lowest BCUT2D eigenvalue weighted by molar-refractivity contribution is 0.413. The van der Waals surface area contributed by atoms with Crippen molar-refractivity contribution in [1.82, 2.24) is 0 Å². The van der Waals surface area contributed by atoms with Crippen LogP contribution < -0.4 is 10.5 Å². The van der Waals surface area contributed by atoms with Crippen LogP contribution in [0.2, 0.25) is 0 Å². The molecule has 1 atom stereocenters. The minimum atomic E-state index is -0.00648. The fraction of sp³-hybridized carbons (Fsp3) is 0.364. The third-order valence-electron chi connectivity index (χ3n) is 2.21. The summed E-state index contributed by atoms with van der Waals surface area (Å²) in [6, 6.07) is 7.54. The number of nitriles is 1. The molecule has 0 saturated heterocycles. The van der Waals surface area contributed by atoms with Gasteiger partial charge in [0.1, 0.15) is 11.8 Å². The van der Waals surface area contributed by atoms with Crippen LogP contribution in [0.15, 0.2) is 18.2 Å². The summed E-state index contributed by atoms with van der Waals surface area (Å²) in [5, 5.41) is 8.86. The summed E-state index contributed by atoms with van der Waals surface area (Å²) >= 11 is 0. The Bertz CT molecular complexity index is 355. The summed E-state index contributed by atoms with van der Waals surface area (Å²) in [5.41, 5.74) is 7.37. The maximum atomic E-state index is 8.86. The number of nitrogens with two attached hydrogens (primary N) is 1. The second kappa shape index (κ2) is 4.64. The van der Waals surface area contributed by atoms with Crippen LogP contribution in [0.4, 0.5) is 0 Å². The first kappa shape index (κ1) is 10.6. The van der Waals surface area contributed by atoms with E-state index in [0.717, 1.165) is 12.0 Å². The Balaban J connectivity index is 3.09. The molecule has 0 radical (unpaired) electrons. The molecule has 1 aromatic carbocycles. The molecule has 0 aromatic heterocycles. The van der Waals surface area contributed by atoms with Gasteiger partial charge in [-0.25, -0.2) is 0 Å². The third kappa shape index (κ3) is 2.04. The zero-order valence-electron chi connectivity index (χ0n) is 8.45. The number of benzene rings is 1. The molecule has 1 unspecified atom stereocenters. The summed E-state index contributed by atoms with van der Waals surface area (Å²) < 4.78 is 5.04. The molecule has 3 nitrogen and oxygen atoms in total. The Morgan fingerprint density at radius 1 is 1.57 bits per heavy atom. The molecule has 0 aliphatic carbocycles. The average Bonchev–Trinajstić information content (AvgIpc) is 2.26. The van der Waals surface area contributed by atoms with E-state index in [1.807, 2.05) is 13.0 Å². The molecule has 0 aliphatic rings. The number of hydrogen-bond acceptors (Lipinski definition) is 3. The maximum Gasteiger partial charge on any atom is 0.136 e. The molecule has 0 bridgehead atoms. The van der Waals surface area contributed by atoms with E-state index in [2.05, 4.69) is 6.07 Å². The highest BCUT2D eigenvalue weighted by Crippen LogP contribution is 2.22. The molecule has 0 amide bonds. The molecule has 74 valence electrons. The summed E-state index contributed by atoms with van der Waals surface area (Å²) in [7, 11) is 1.55. The van der Waals surface area contributed by atoms with Gasteiger partial charge in [0.25, 0.3) is 0 Å². The van der Waals surface area contributed by atoms with Crippen molar-refractivity contribution in [3.8, 4) is 11.8 Å². The topological polar surface area (TPSA) is 59.0 Å². The molecular formula is C11H14N2O. The Hall–Kier alpha value is -1.53. The van der Waals surface area contributed by atoms with E-state index in [-0.39, 0.29) is 6.04 Å². The molecule has 1 aromatic rings. The highest BCUT2D eigenvalue weighted by Gasteiger charge is 2.07. The monoisotopic (exact) mass is 190 g/mol. The molecule has 0 saturated carbocycles. The zero-order chi connectivity index (χ0) is 10.6. The second-order valence-corrected chi connectivity index (χ2v) is 3.09. The highest BCUT2D eigenvalue weighted by atomic mass is 16.5. The van der Waals surface area contributed by atoms with Crippen LogP contribution in [0.5, 0.6) is 5.75 Å². The third-order valence-corrected chi connectivity index (χ3v) is 2.21. The van der Waals surface area contributed by atoms with Gasteiger partial charge in [0.05, 0.1) is 12.7 Å². The zero-order valence-corrected chi connectivity index (χ0v) is 8.45. The fourth-order valence-corrected chi connectivity index (χ4v) is 1.28. The fourth-order valence-electron chi connectivity index (χ4n) is 1.28. The van der Waals surface area contributed by atoms with Gasteiger partial charge in [-0.2, -0.15) is 5.26 Å². The molecule has 0 fully saturated rings. The number of rotatable bonds is 3. The molecule has 2 N–H and O–H groups in total. The summed E-state index contributed by atoms with van der Waals surface area (Å²) in [5.74, 6) is 0.597. The van der Waals surface area contributed by atoms with Gasteiger partial charge in [-0.1, -0.05) is 13.0 Å². The molecule has 0 heterocycles. The minimum absolute atomic E-state index is 0.00648. The van der Waals surface area contributed by atoms with Gasteiger partial charge in [0.15, 0.2) is 0 Å². The summed E-state index contributed by atoms with van der Waals surface area (Å²) in [4.78, 5) is 0. The van der Waals surface area contributed by atoms with Crippen molar-refractivity contribution in [2.24, 2.45) is 5.73 Å². The minimum Gasteiger partial charge on any atom is -0.495 e. The quantitative estimate of drug-likeness (QED) is 0.792. The largest absolute Gasteiger partial charge is 0.495 e. The SMILES string of the molecule is CCC(N)c1ccc(OC)c(C#N)c1. The first-order valence-corrected chi connectivity index (χ1v) is 4.56. The van der Waals surface area contributed by atoms with Crippen LogP contribution in [0.25, 0.3) is 0 Å². The molecular weight excluding hydrogens is 176 g/mol. The predicted octanol–water partition coefficient (Wildman–Crippen LogP) is 1.98. The van der Waals surface area contributed by atoms with E-state index in [9.17, 15) is 0 Å². The van der Waals surface area contributed by atoms with Gasteiger partial charge in [0, 0.05) is 6.04 Å². The van der Waals surface area contributed by atoms with Crippen molar-refractivity contribution >= 4 is 0 Å². The van der Waals surface area contributed by atoms with Crippen molar-refractivity contribution in [1.29, 1.82) is 5.26 Å². The van der Waals surface area contributed by atoms with Crippen molar-refractivity contribution < 1.29 is 4.74 Å². The lowest BCUT2D eigenvalue weighted by Crippen LogP contribution is -2.08. The molecule has 0 aliphatic heterocycles. The molecule has 1 rings (SSSR count). The maximum absolute atomic E-state index is 8.86. The number of ether oxygens (including phenoxy) is 1. The second-order valence-electron chi connectivity index (χ2n) is 3.09. The number of nitrogens with zero attached hydrogens (tertiary/aromatic N) is 1. The Labute approximate surface area is 84.1 Å². The van der Waals surface area contributed by atoms with Gasteiger partial charge in [-0.15, -0.1) is 0 Å². The first-order chi connectivity index (χ1) is 6.72. The van der Waals surface area contributed by atoms with Crippen molar-refractivity contribution in [2.45, 2.75) is 19.4 Å². The Morgan fingerprint density at radius 2 is 2.29 bits per heavy atom. The van der Waals surface area contributed by atoms with Gasteiger partial charge >= 0.3 is 0 Å². The lowest BCUT2D eigenvalue weighted by Gasteiger charge is -2.10. The standard InChI is InChI=1S/C11H14N2O/c1-3-10(13)8-4-5-11(14-2)9(6-8)7-12/h4-6,10H,3,13H2,1-2H3. The molecule has 3 heteroatoms. The smallest absolute Gasteiger partial charge is 0.136 e. The molecule has 14 heavy (non-hydrogen) atoms. The highest BCUT2D eigenvalue weighted by molar-refractivity contribution is 5.46. The normalized spacial score (nSPS) is 11.9. The van der Waals surface area contributed by atoms with E-state index in [1.54, 1.807) is 19.2 Å². The van der Waals surface area contributed by atoms with E-state index in [4.69, 9.17) is 15.7 Å². The van der Waals surface area contributed by atoms with Crippen LogP contribution in [-0.4, -0.2) is 7.11 Å². The van der Waals surface area contributed by atoms with Gasteiger partial charge in [0.2, 0.25) is 0 Å². The van der Waals surface area contributed by atoms with Gasteiger partial charge in [-0.05, 0) is 24.1 Å². The summed E-state index contributed by atoms with van der Waals surface area (Å²) in [6.07, 6.45) is 0.858. The van der Waals surface area contributed by atoms with E-state index in [0.29, 0.717) is 11.3 Å². The van der Waals surface area contributed by atoms with Gasteiger partial charge in [-0.3, -0.25) is 0 Å². The number of methoxy groups -OCH3 is 1. The van der Waals surface area contributed by atoms with Crippen molar-refractivity contribution in [2.75, 3.05) is 7.11 Å². The summed E-state index contributed by atoms with van der Waals surface area (Å²) in [6.45, 7) is 2.01. The van der Waals surface area contributed by atoms with Crippen molar-refractivity contribution in [3.05, 3.63) is 29.3 Å². The van der Waals surface area contributed by atoms with Crippen LogP contribution in [0, 0.1) is 11.3 Å². The van der Waals surface area contributed by atoms with Gasteiger partial charge < -0.3 is 10.5 Å². The van der Waals surface area contributed by atoms with Crippen LogP contribution in [-0.2, 0) is 0 Å². The first-order valence-electron chi connectivity index (χ1n) is 4.56. The van der Waals surface area contributed by atoms with E-state index < -0.39 is 0 Å². The van der Waals surface area contributed by atoms with Crippen LogP contribution in [0.1, 0.15) is 30.5 Å². The lowest BCUT2D eigenvalue weighted by atomic mass is 10.0. The Kier molecular flexibility index (Phi) is 3.49. The molecule has 0 spiro atoms. The van der Waals surface area contributed by atoms with Crippen LogP contribution in [0.3, 0.4) is 0 Å². The Morgan fingerprint density at radius 3 is 2.79 bits per heavy atom.